The maximum absolute atomic E-state index is 12.1. The van der Waals surface area contributed by atoms with Crippen LogP contribution >= 0.6 is 0 Å². The summed E-state index contributed by atoms with van der Waals surface area (Å²) in [7, 11) is 0. The van der Waals surface area contributed by atoms with Crippen molar-refractivity contribution in [2.45, 2.75) is 44.6 Å². The van der Waals surface area contributed by atoms with Crippen LogP contribution in [0, 0.1) is 0 Å². The lowest BCUT2D eigenvalue weighted by Crippen LogP contribution is -2.48. The highest BCUT2D eigenvalue weighted by atomic mass is 16.1. The van der Waals surface area contributed by atoms with E-state index < -0.39 is 0 Å². The van der Waals surface area contributed by atoms with E-state index in [1.165, 1.54) is 19.3 Å². The summed E-state index contributed by atoms with van der Waals surface area (Å²) >= 11 is 0. The van der Waals surface area contributed by atoms with Gasteiger partial charge in [-0.3, -0.25) is 14.7 Å². The summed E-state index contributed by atoms with van der Waals surface area (Å²) in [6.07, 6.45) is 12.0. The average Bonchev–Trinajstić information content (AvgIpc) is 2.62. The number of carbonyl (C=O) groups excluding carboxylic acids is 1. The average molecular weight is 317 g/mol. The monoisotopic (exact) mass is 317 g/mol. The summed E-state index contributed by atoms with van der Waals surface area (Å²) in [5, 5.41) is 3.20. The van der Waals surface area contributed by atoms with E-state index >= 15 is 0 Å². The first-order valence-electron chi connectivity index (χ1n) is 8.84. The van der Waals surface area contributed by atoms with Crippen molar-refractivity contribution in [2.24, 2.45) is 0 Å². The van der Waals surface area contributed by atoms with E-state index in [1.54, 1.807) is 12.4 Å². The van der Waals surface area contributed by atoms with Gasteiger partial charge in [-0.15, -0.1) is 0 Å². The van der Waals surface area contributed by atoms with Crippen LogP contribution in [0.5, 0.6) is 0 Å². The Morgan fingerprint density at radius 2 is 1.91 bits per heavy atom. The number of hydrogen-bond acceptors (Lipinski definition) is 5. The van der Waals surface area contributed by atoms with E-state index in [1.807, 2.05) is 6.20 Å². The van der Waals surface area contributed by atoms with Gasteiger partial charge in [0.1, 0.15) is 5.82 Å². The number of anilines is 1. The Morgan fingerprint density at radius 3 is 2.61 bits per heavy atom. The fraction of sp³-hybridized carbons (Fsp3) is 0.706. The fourth-order valence-corrected chi connectivity index (χ4v) is 3.46. The van der Waals surface area contributed by atoms with E-state index in [4.69, 9.17) is 0 Å². The Kier molecular flexibility index (Phi) is 5.80. The Labute approximate surface area is 138 Å². The van der Waals surface area contributed by atoms with Gasteiger partial charge in [-0.2, -0.15) is 0 Å². The third-order valence-electron chi connectivity index (χ3n) is 4.87. The number of nitrogens with one attached hydrogen (secondary N) is 1. The predicted octanol–water partition coefficient (Wildman–Crippen LogP) is 1.44. The molecule has 2 aliphatic rings. The molecule has 23 heavy (non-hydrogen) atoms. The topological polar surface area (TPSA) is 61.4 Å². The first kappa shape index (κ1) is 16.2. The van der Waals surface area contributed by atoms with Crippen molar-refractivity contribution < 1.29 is 4.79 Å². The molecule has 6 nitrogen and oxygen atoms in total. The zero-order valence-electron chi connectivity index (χ0n) is 13.8. The smallest absolute Gasteiger partial charge is 0.221 e. The van der Waals surface area contributed by atoms with E-state index in [0.29, 0.717) is 12.5 Å². The number of rotatable bonds is 5. The SMILES string of the molecule is O=C(CCN1CCN(c2cnccn2)CC1)NC1CCCCC1. The van der Waals surface area contributed by atoms with Crippen molar-refractivity contribution in [3.05, 3.63) is 18.6 Å². The highest BCUT2D eigenvalue weighted by Gasteiger charge is 2.20. The standard InChI is InChI=1S/C17H27N5O/c23-17(20-15-4-2-1-3-5-15)6-9-21-10-12-22(13-11-21)16-14-18-7-8-19-16/h7-8,14-15H,1-6,9-13H2,(H,20,23). The van der Waals surface area contributed by atoms with Gasteiger partial charge in [0.25, 0.3) is 0 Å². The van der Waals surface area contributed by atoms with Crippen LogP contribution in [-0.2, 0) is 4.79 Å². The lowest BCUT2D eigenvalue weighted by Gasteiger charge is -2.35. The van der Waals surface area contributed by atoms with Gasteiger partial charge in [-0.1, -0.05) is 19.3 Å². The molecule has 0 spiro atoms. The third-order valence-corrected chi connectivity index (χ3v) is 4.87. The van der Waals surface area contributed by atoms with Gasteiger partial charge in [-0.05, 0) is 12.8 Å². The summed E-state index contributed by atoms with van der Waals surface area (Å²) in [5.41, 5.74) is 0. The molecule has 3 rings (SSSR count). The molecule has 126 valence electrons. The lowest BCUT2D eigenvalue weighted by molar-refractivity contribution is -0.122. The van der Waals surface area contributed by atoms with Crippen LogP contribution in [-0.4, -0.2) is 59.5 Å². The summed E-state index contributed by atoms with van der Waals surface area (Å²) < 4.78 is 0. The minimum absolute atomic E-state index is 0.216. The molecule has 1 aliphatic carbocycles. The number of piperazine rings is 1. The molecular formula is C17H27N5O. The van der Waals surface area contributed by atoms with Crippen LogP contribution in [0.3, 0.4) is 0 Å². The molecule has 0 radical (unpaired) electrons. The number of nitrogens with zero attached hydrogens (tertiary/aromatic N) is 4. The quantitative estimate of drug-likeness (QED) is 0.890. The van der Waals surface area contributed by atoms with Crippen LogP contribution in [0.1, 0.15) is 38.5 Å². The van der Waals surface area contributed by atoms with Gasteiger partial charge < -0.3 is 10.2 Å². The summed E-state index contributed by atoms with van der Waals surface area (Å²) in [4.78, 5) is 25.2. The summed E-state index contributed by atoms with van der Waals surface area (Å²) in [5.74, 6) is 1.16. The Balaban J connectivity index is 1.35. The number of hydrogen-bond donors (Lipinski definition) is 1. The second kappa shape index (κ2) is 8.24. The Morgan fingerprint density at radius 1 is 1.13 bits per heavy atom. The largest absolute Gasteiger partial charge is 0.353 e. The van der Waals surface area contributed by atoms with Gasteiger partial charge in [0.2, 0.25) is 5.91 Å². The molecule has 1 amide bonds. The normalized spacial score (nSPS) is 20.4. The van der Waals surface area contributed by atoms with Gasteiger partial charge in [-0.25, -0.2) is 4.98 Å². The molecule has 2 heterocycles. The molecule has 0 atom stereocenters. The van der Waals surface area contributed by atoms with Crippen LogP contribution < -0.4 is 10.2 Å². The van der Waals surface area contributed by atoms with Crippen molar-refractivity contribution in [3.8, 4) is 0 Å². The summed E-state index contributed by atoms with van der Waals surface area (Å²) in [6, 6.07) is 0.421. The van der Waals surface area contributed by atoms with E-state index in [2.05, 4.69) is 25.1 Å². The first-order valence-corrected chi connectivity index (χ1v) is 8.84. The number of aromatic nitrogens is 2. The minimum atomic E-state index is 0.216. The molecule has 1 saturated heterocycles. The molecule has 6 heteroatoms. The lowest BCUT2D eigenvalue weighted by atomic mass is 9.95. The fourth-order valence-electron chi connectivity index (χ4n) is 3.46. The second-order valence-corrected chi connectivity index (χ2v) is 6.54. The highest BCUT2D eigenvalue weighted by Crippen LogP contribution is 2.17. The van der Waals surface area contributed by atoms with Crippen molar-refractivity contribution >= 4 is 11.7 Å². The minimum Gasteiger partial charge on any atom is -0.353 e. The molecule has 1 aromatic rings. The third kappa shape index (κ3) is 4.89. The van der Waals surface area contributed by atoms with Gasteiger partial charge in [0.15, 0.2) is 0 Å². The molecule has 0 aromatic carbocycles. The van der Waals surface area contributed by atoms with Gasteiger partial charge >= 0.3 is 0 Å². The number of amides is 1. The molecule has 1 saturated carbocycles. The van der Waals surface area contributed by atoms with E-state index in [0.717, 1.165) is 51.4 Å². The van der Waals surface area contributed by atoms with Crippen molar-refractivity contribution in [2.75, 3.05) is 37.6 Å². The molecule has 1 aromatic heterocycles. The molecule has 1 N–H and O–H groups in total. The second-order valence-electron chi connectivity index (χ2n) is 6.54. The molecule has 0 unspecified atom stereocenters. The van der Waals surface area contributed by atoms with Crippen LogP contribution in [0.15, 0.2) is 18.6 Å². The molecule has 2 fully saturated rings. The van der Waals surface area contributed by atoms with Gasteiger partial charge in [0.05, 0.1) is 6.20 Å². The van der Waals surface area contributed by atoms with E-state index in [9.17, 15) is 4.79 Å². The summed E-state index contributed by atoms with van der Waals surface area (Å²) in [6.45, 7) is 4.71. The van der Waals surface area contributed by atoms with E-state index in [-0.39, 0.29) is 5.91 Å². The van der Waals surface area contributed by atoms with Crippen molar-refractivity contribution in [1.82, 2.24) is 20.2 Å². The van der Waals surface area contributed by atoms with Crippen LogP contribution in [0.25, 0.3) is 0 Å². The molecule has 1 aliphatic heterocycles. The predicted molar refractivity (Wildman–Crippen MR) is 90.3 cm³/mol. The van der Waals surface area contributed by atoms with Crippen LogP contribution in [0.4, 0.5) is 5.82 Å². The van der Waals surface area contributed by atoms with Gasteiger partial charge in [0, 0.05) is 57.6 Å². The van der Waals surface area contributed by atoms with Crippen LogP contribution in [0.2, 0.25) is 0 Å². The zero-order valence-corrected chi connectivity index (χ0v) is 13.8. The van der Waals surface area contributed by atoms with Crippen molar-refractivity contribution in [1.29, 1.82) is 0 Å². The first-order chi connectivity index (χ1) is 11.3. The molecule has 0 bridgehead atoms. The Bertz CT molecular complexity index is 481. The maximum Gasteiger partial charge on any atom is 0.221 e. The van der Waals surface area contributed by atoms with Crippen molar-refractivity contribution in [3.63, 3.8) is 0 Å². The number of carbonyl (C=O) groups is 1. The molecular weight excluding hydrogens is 290 g/mol. The zero-order chi connectivity index (χ0) is 15.9. The highest BCUT2D eigenvalue weighted by molar-refractivity contribution is 5.76. The Hall–Kier alpha value is -1.69. The maximum atomic E-state index is 12.1.